The van der Waals surface area contributed by atoms with Crippen molar-refractivity contribution in [2.45, 2.75) is 26.2 Å². The molecule has 0 spiro atoms. The number of benzene rings is 2. The molecule has 0 radical (unpaired) electrons. The van der Waals surface area contributed by atoms with E-state index in [1.807, 2.05) is 0 Å². The average molecular weight is 438 g/mol. The lowest BCUT2D eigenvalue weighted by Gasteiger charge is -2.27. The number of Topliss-reactive ketones (excluding diaryl/α,β-unsaturated/α-hetero) is 1. The first-order valence-corrected chi connectivity index (χ1v) is 9.99. The molecule has 0 aliphatic carbocycles. The van der Waals surface area contributed by atoms with Gasteiger partial charge >= 0.3 is 11.9 Å². The number of carbonyl (C=O) groups excluding carboxylic acids is 3. The zero-order chi connectivity index (χ0) is 23.0. The topological polar surface area (TPSA) is 97.4 Å². The zero-order valence-electron chi connectivity index (χ0n) is 18.1. The van der Waals surface area contributed by atoms with Gasteiger partial charge in [0.15, 0.2) is 23.9 Å². The molecule has 0 amide bonds. The number of methoxy groups -OCH3 is 2. The summed E-state index contributed by atoms with van der Waals surface area (Å²) in [6.45, 7) is 3.31. The first kappa shape index (κ1) is 21.4. The molecule has 2 aliphatic rings. The van der Waals surface area contributed by atoms with Crippen LogP contribution in [-0.4, -0.2) is 38.5 Å². The predicted molar refractivity (Wildman–Crippen MR) is 112 cm³/mol. The van der Waals surface area contributed by atoms with Crippen molar-refractivity contribution in [1.29, 1.82) is 0 Å². The molecule has 0 bridgehead atoms. The van der Waals surface area contributed by atoms with Gasteiger partial charge in [0.05, 0.1) is 26.2 Å². The van der Waals surface area contributed by atoms with E-state index in [0.29, 0.717) is 34.1 Å². The number of allylic oxidation sites excluding steroid dienone is 2. The van der Waals surface area contributed by atoms with Crippen molar-refractivity contribution in [3.8, 4) is 23.0 Å². The summed E-state index contributed by atoms with van der Waals surface area (Å²) in [5.74, 6) is 0.186. The Hall–Kier alpha value is -3.81. The van der Waals surface area contributed by atoms with Gasteiger partial charge in [0, 0.05) is 11.5 Å². The van der Waals surface area contributed by atoms with Gasteiger partial charge in [0.2, 0.25) is 5.78 Å². The highest BCUT2D eigenvalue weighted by Gasteiger charge is 2.39. The summed E-state index contributed by atoms with van der Waals surface area (Å²) < 4.78 is 26.9. The standard InChI is InChI=1S/C24H22O8/c1-12(2)23-22(27)14-6-8-17-21(24(14)32-23)15(10-19(25)31-17)13-5-7-16(28-3)18(9-13)30-11-20(26)29-4/h5-9,15H,10-11H2,1-4H3. The highest BCUT2D eigenvalue weighted by atomic mass is 16.6. The maximum Gasteiger partial charge on any atom is 0.343 e. The Morgan fingerprint density at radius 3 is 2.53 bits per heavy atom. The molecule has 0 aromatic heterocycles. The van der Waals surface area contributed by atoms with Crippen LogP contribution in [0.1, 0.15) is 47.7 Å². The maximum atomic E-state index is 12.8. The van der Waals surface area contributed by atoms with E-state index >= 15 is 0 Å². The number of esters is 2. The average Bonchev–Trinajstić information content (AvgIpc) is 3.13. The van der Waals surface area contributed by atoms with Gasteiger partial charge in [-0.1, -0.05) is 6.07 Å². The minimum absolute atomic E-state index is 0.0495. The SMILES string of the molecule is COC(=O)COc1cc(C2CC(=O)Oc3ccc4c(c32)OC(=C(C)C)C4=O)ccc1OC. The number of ether oxygens (including phenoxy) is 5. The number of hydrogen-bond donors (Lipinski definition) is 0. The number of ketones is 1. The first-order chi connectivity index (χ1) is 15.3. The summed E-state index contributed by atoms with van der Waals surface area (Å²) in [6, 6.07) is 8.42. The van der Waals surface area contributed by atoms with Crippen molar-refractivity contribution in [2.24, 2.45) is 0 Å². The van der Waals surface area contributed by atoms with Crippen LogP contribution >= 0.6 is 0 Å². The highest BCUT2D eigenvalue weighted by molar-refractivity contribution is 6.13. The second kappa shape index (κ2) is 8.37. The molecule has 166 valence electrons. The summed E-state index contributed by atoms with van der Waals surface area (Å²) in [5.41, 5.74) is 2.53. The summed E-state index contributed by atoms with van der Waals surface area (Å²) >= 11 is 0. The fourth-order valence-electron chi connectivity index (χ4n) is 3.83. The van der Waals surface area contributed by atoms with E-state index in [0.717, 1.165) is 11.1 Å². The maximum absolute atomic E-state index is 12.8. The lowest BCUT2D eigenvalue weighted by Crippen LogP contribution is -2.21. The molecule has 1 atom stereocenters. The van der Waals surface area contributed by atoms with Crippen LogP contribution in [0, 0.1) is 0 Å². The third-order valence-corrected chi connectivity index (χ3v) is 5.37. The Labute approximate surface area is 184 Å². The fourth-order valence-corrected chi connectivity index (χ4v) is 3.83. The lowest BCUT2D eigenvalue weighted by atomic mass is 9.84. The molecule has 0 saturated carbocycles. The van der Waals surface area contributed by atoms with Crippen molar-refractivity contribution in [1.82, 2.24) is 0 Å². The summed E-state index contributed by atoms with van der Waals surface area (Å²) in [7, 11) is 2.76. The van der Waals surface area contributed by atoms with E-state index < -0.39 is 17.9 Å². The second-order valence-electron chi connectivity index (χ2n) is 7.62. The van der Waals surface area contributed by atoms with E-state index in [4.69, 9.17) is 18.9 Å². The Bertz CT molecular complexity index is 1160. The Morgan fingerprint density at radius 1 is 1.06 bits per heavy atom. The Kier molecular flexibility index (Phi) is 5.61. The van der Waals surface area contributed by atoms with E-state index in [9.17, 15) is 14.4 Å². The van der Waals surface area contributed by atoms with Gasteiger partial charge in [-0.05, 0) is 49.2 Å². The van der Waals surface area contributed by atoms with Gasteiger partial charge in [-0.25, -0.2) is 4.79 Å². The van der Waals surface area contributed by atoms with Crippen LogP contribution in [0.15, 0.2) is 41.7 Å². The van der Waals surface area contributed by atoms with E-state index in [2.05, 4.69) is 4.74 Å². The largest absolute Gasteiger partial charge is 0.493 e. The van der Waals surface area contributed by atoms with E-state index in [1.54, 1.807) is 44.2 Å². The van der Waals surface area contributed by atoms with Crippen molar-refractivity contribution in [3.05, 3.63) is 58.4 Å². The van der Waals surface area contributed by atoms with Crippen LogP contribution in [0.5, 0.6) is 23.0 Å². The molecular weight excluding hydrogens is 416 g/mol. The number of hydrogen-bond acceptors (Lipinski definition) is 8. The highest BCUT2D eigenvalue weighted by Crippen LogP contribution is 2.49. The number of rotatable bonds is 5. The quantitative estimate of drug-likeness (QED) is 0.397. The molecule has 2 aromatic rings. The van der Waals surface area contributed by atoms with Crippen LogP contribution in [0.3, 0.4) is 0 Å². The first-order valence-electron chi connectivity index (χ1n) is 9.99. The summed E-state index contributed by atoms with van der Waals surface area (Å²) in [5, 5.41) is 0. The van der Waals surface area contributed by atoms with Crippen LogP contribution in [0.25, 0.3) is 0 Å². The van der Waals surface area contributed by atoms with Gasteiger partial charge in [0.1, 0.15) is 11.5 Å². The lowest BCUT2D eigenvalue weighted by molar-refractivity contribution is -0.143. The Balaban J connectivity index is 1.80. The molecule has 2 aliphatic heterocycles. The molecular formula is C24H22O8. The molecule has 2 heterocycles. The van der Waals surface area contributed by atoms with Gasteiger partial charge in [-0.15, -0.1) is 0 Å². The molecule has 8 nitrogen and oxygen atoms in total. The molecule has 32 heavy (non-hydrogen) atoms. The third kappa shape index (κ3) is 3.68. The van der Waals surface area contributed by atoms with Gasteiger partial charge in [-0.2, -0.15) is 0 Å². The van der Waals surface area contributed by atoms with Crippen LogP contribution in [-0.2, 0) is 14.3 Å². The van der Waals surface area contributed by atoms with Crippen molar-refractivity contribution in [2.75, 3.05) is 20.8 Å². The van der Waals surface area contributed by atoms with Gasteiger partial charge < -0.3 is 23.7 Å². The molecule has 2 aromatic carbocycles. The van der Waals surface area contributed by atoms with E-state index in [1.165, 1.54) is 14.2 Å². The molecule has 0 saturated heterocycles. The van der Waals surface area contributed by atoms with E-state index in [-0.39, 0.29) is 24.6 Å². The van der Waals surface area contributed by atoms with Crippen molar-refractivity contribution >= 4 is 17.7 Å². The minimum Gasteiger partial charge on any atom is -0.493 e. The normalized spacial score (nSPS) is 16.5. The predicted octanol–water partition coefficient (Wildman–Crippen LogP) is 3.56. The molecule has 8 heteroatoms. The van der Waals surface area contributed by atoms with Gasteiger partial charge in [-0.3, -0.25) is 9.59 Å². The number of carbonyl (C=O) groups is 3. The minimum atomic E-state index is -0.539. The second-order valence-corrected chi connectivity index (χ2v) is 7.62. The number of fused-ring (bicyclic) bond motifs is 3. The summed E-state index contributed by atoms with van der Waals surface area (Å²) in [6.07, 6.45) is 0.0495. The van der Waals surface area contributed by atoms with Crippen molar-refractivity contribution in [3.63, 3.8) is 0 Å². The van der Waals surface area contributed by atoms with Crippen LogP contribution in [0.2, 0.25) is 0 Å². The van der Waals surface area contributed by atoms with Crippen molar-refractivity contribution < 1.29 is 38.1 Å². The summed E-state index contributed by atoms with van der Waals surface area (Å²) in [4.78, 5) is 36.6. The van der Waals surface area contributed by atoms with Crippen LogP contribution < -0.4 is 18.9 Å². The Morgan fingerprint density at radius 2 is 1.84 bits per heavy atom. The monoisotopic (exact) mass is 438 g/mol. The molecule has 4 rings (SSSR count). The zero-order valence-corrected chi connectivity index (χ0v) is 18.1. The fraction of sp³-hybridized carbons (Fsp3) is 0.292. The molecule has 0 fully saturated rings. The molecule has 0 N–H and O–H groups in total. The third-order valence-electron chi connectivity index (χ3n) is 5.37. The molecule has 1 unspecified atom stereocenters. The van der Waals surface area contributed by atoms with Crippen LogP contribution in [0.4, 0.5) is 0 Å². The van der Waals surface area contributed by atoms with Gasteiger partial charge in [0.25, 0.3) is 0 Å². The smallest absolute Gasteiger partial charge is 0.343 e.